The number of nitrogens with one attached hydrogen (secondary N) is 1. The SMILES string of the molecule is CC1CCN(Cc2ccc(NC(=O)c3ccc(S(=O)(=O)N4CCCCC4)o3)cc2)CC1. The summed E-state index contributed by atoms with van der Waals surface area (Å²) >= 11 is 0. The first-order valence-corrected chi connectivity index (χ1v) is 12.6. The first kappa shape index (κ1) is 22.0. The summed E-state index contributed by atoms with van der Waals surface area (Å²) in [6.07, 6.45) is 5.22. The summed E-state index contributed by atoms with van der Waals surface area (Å²) in [6.45, 7) is 6.46. The van der Waals surface area contributed by atoms with E-state index in [1.165, 1.54) is 34.8 Å². The molecule has 8 heteroatoms. The van der Waals surface area contributed by atoms with Gasteiger partial charge in [-0.2, -0.15) is 4.31 Å². The van der Waals surface area contributed by atoms with Crippen LogP contribution in [0.25, 0.3) is 0 Å². The molecule has 0 unspecified atom stereocenters. The maximum atomic E-state index is 12.7. The van der Waals surface area contributed by atoms with Gasteiger partial charge in [0.25, 0.3) is 15.9 Å². The van der Waals surface area contributed by atoms with Crippen LogP contribution >= 0.6 is 0 Å². The number of hydrogen-bond acceptors (Lipinski definition) is 5. The molecule has 2 fully saturated rings. The largest absolute Gasteiger partial charge is 0.438 e. The van der Waals surface area contributed by atoms with Crippen LogP contribution in [0.15, 0.2) is 45.9 Å². The average molecular weight is 446 g/mol. The van der Waals surface area contributed by atoms with Crippen molar-refractivity contribution in [3.8, 4) is 0 Å². The van der Waals surface area contributed by atoms with E-state index in [-0.39, 0.29) is 10.9 Å². The number of furan rings is 1. The zero-order valence-electron chi connectivity index (χ0n) is 18.0. The lowest BCUT2D eigenvalue weighted by Crippen LogP contribution is -2.35. The van der Waals surface area contributed by atoms with E-state index in [1.807, 2.05) is 24.3 Å². The Kier molecular flexibility index (Phi) is 6.79. The van der Waals surface area contributed by atoms with Crippen molar-refractivity contribution in [3.05, 3.63) is 47.7 Å². The van der Waals surface area contributed by atoms with Gasteiger partial charge in [0.2, 0.25) is 5.09 Å². The van der Waals surface area contributed by atoms with Crippen LogP contribution in [-0.4, -0.2) is 49.7 Å². The molecule has 7 nitrogen and oxygen atoms in total. The maximum Gasteiger partial charge on any atom is 0.291 e. The first-order valence-electron chi connectivity index (χ1n) is 11.1. The fraction of sp³-hybridized carbons (Fsp3) is 0.522. The topological polar surface area (TPSA) is 82.9 Å². The van der Waals surface area contributed by atoms with E-state index >= 15 is 0 Å². The highest BCUT2D eigenvalue weighted by Crippen LogP contribution is 2.23. The second-order valence-corrected chi connectivity index (χ2v) is 10.6. The Morgan fingerprint density at radius 2 is 1.68 bits per heavy atom. The van der Waals surface area contributed by atoms with Gasteiger partial charge in [-0.15, -0.1) is 0 Å². The molecule has 2 aromatic rings. The molecule has 3 heterocycles. The van der Waals surface area contributed by atoms with Crippen LogP contribution in [0.2, 0.25) is 0 Å². The molecule has 1 N–H and O–H groups in total. The van der Waals surface area contributed by atoms with Gasteiger partial charge in [0.1, 0.15) is 0 Å². The van der Waals surface area contributed by atoms with E-state index in [0.717, 1.165) is 44.8 Å². The van der Waals surface area contributed by atoms with E-state index in [4.69, 9.17) is 4.42 Å². The molecule has 2 aliphatic heterocycles. The summed E-state index contributed by atoms with van der Waals surface area (Å²) < 4.78 is 32.2. The molecule has 31 heavy (non-hydrogen) atoms. The van der Waals surface area contributed by atoms with Gasteiger partial charge in [-0.3, -0.25) is 9.69 Å². The Morgan fingerprint density at radius 3 is 2.35 bits per heavy atom. The third-order valence-corrected chi connectivity index (χ3v) is 7.98. The predicted molar refractivity (Wildman–Crippen MR) is 119 cm³/mol. The molecule has 4 rings (SSSR count). The number of rotatable bonds is 6. The Balaban J connectivity index is 1.35. The molecule has 0 bridgehead atoms. The monoisotopic (exact) mass is 445 g/mol. The Hall–Kier alpha value is -2.16. The number of anilines is 1. The summed E-state index contributed by atoms with van der Waals surface area (Å²) in [5.41, 5.74) is 1.86. The van der Waals surface area contributed by atoms with Gasteiger partial charge in [-0.25, -0.2) is 8.42 Å². The van der Waals surface area contributed by atoms with Crippen molar-refractivity contribution in [2.24, 2.45) is 5.92 Å². The zero-order chi connectivity index (χ0) is 21.8. The van der Waals surface area contributed by atoms with Crippen molar-refractivity contribution in [3.63, 3.8) is 0 Å². The third-order valence-electron chi connectivity index (χ3n) is 6.21. The number of carbonyl (C=O) groups is 1. The highest BCUT2D eigenvalue weighted by atomic mass is 32.2. The molecule has 2 aliphatic rings. The standard InChI is InChI=1S/C23H31N3O4S/c1-18-11-15-25(16-12-18)17-19-5-7-20(8-6-19)24-23(27)21-9-10-22(30-21)31(28,29)26-13-3-2-4-14-26/h5-10,18H,2-4,11-17H2,1H3,(H,24,27). The summed E-state index contributed by atoms with van der Waals surface area (Å²) in [4.78, 5) is 15.0. The second kappa shape index (κ2) is 9.54. The van der Waals surface area contributed by atoms with Crippen LogP contribution in [0.4, 0.5) is 5.69 Å². The highest BCUT2D eigenvalue weighted by molar-refractivity contribution is 7.89. The van der Waals surface area contributed by atoms with Crippen molar-refractivity contribution in [1.29, 1.82) is 0 Å². The van der Waals surface area contributed by atoms with Gasteiger partial charge in [0.15, 0.2) is 5.76 Å². The fourth-order valence-electron chi connectivity index (χ4n) is 4.18. The maximum absolute atomic E-state index is 12.7. The number of hydrogen-bond donors (Lipinski definition) is 1. The molecule has 0 atom stereocenters. The summed E-state index contributed by atoms with van der Waals surface area (Å²) in [5.74, 6) is 0.339. The molecule has 1 amide bonds. The number of benzene rings is 1. The van der Waals surface area contributed by atoms with Crippen molar-refractivity contribution in [2.45, 2.75) is 50.7 Å². The van der Waals surface area contributed by atoms with E-state index in [0.29, 0.717) is 18.8 Å². The van der Waals surface area contributed by atoms with Gasteiger partial charge in [-0.05, 0) is 74.5 Å². The number of sulfonamides is 1. The highest BCUT2D eigenvalue weighted by Gasteiger charge is 2.29. The summed E-state index contributed by atoms with van der Waals surface area (Å²) in [5, 5.41) is 2.61. The summed E-state index contributed by atoms with van der Waals surface area (Å²) in [7, 11) is -3.69. The lowest BCUT2D eigenvalue weighted by atomic mass is 9.99. The smallest absolute Gasteiger partial charge is 0.291 e. The van der Waals surface area contributed by atoms with Crippen LogP contribution in [0.1, 0.15) is 55.1 Å². The average Bonchev–Trinajstić information content (AvgIpc) is 3.29. The molecule has 168 valence electrons. The number of piperidine rings is 2. The third kappa shape index (κ3) is 5.37. The molecular weight excluding hydrogens is 414 g/mol. The lowest BCUT2D eigenvalue weighted by molar-refractivity contribution is 0.0991. The van der Waals surface area contributed by atoms with E-state index in [1.54, 1.807) is 0 Å². The Labute approximate surface area is 184 Å². The minimum absolute atomic E-state index is 0.0119. The molecular formula is C23H31N3O4S. The predicted octanol–water partition coefficient (Wildman–Crippen LogP) is 3.94. The van der Waals surface area contributed by atoms with E-state index in [2.05, 4.69) is 17.1 Å². The van der Waals surface area contributed by atoms with Crippen LogP contribution < -0.4 is 5.32 Å². The molecule has 0 aliphatic carbocycles. The minimum Gasteiger partial charge on any atom is -0.438 e. The quantitative estimate of drug-likeness (QED) is 0.728. The van der Waals surface area contributed by atoms with Crippen molar-refractivity contribution in [1.82, 2.24) is 9.21 Å². The molecule has 1 aromatic carbocycles. The van der Waals surface area contributed by atoms with Gasteiger partial charge >= 0.3 is 0 Å². The number of nitrogens with zero attached hydrogens (tertiary/aromatic N) is 2. The van der Waals surface area contributed by atoms with Crippen LogP contribution in [0, 0.1) is 5.92 Å². The van der Waals surface area contributed by atoms with Crippen LogP contribution in [-0.2, 0) is 16.6 Å². The zero-order valence-corrected chi connectivity index (χ0v) is 18.9. The van der Waals surface area contributed by atoms with Gasteiger partial charge in [0, 0.05) is 25.3 Å². The second-order valence-electron chi connectivity index (χ2n) is 8.69. The van der Waals surface area contributed by atoms with Crippen molar-refractivity contribution in [2.75, 3.05) is 31.5 Å². The van der Waals surface area contributed by atoms with Gasteiger partial charge in [0.05, 0.1) is 0 Å². The van der Waals surface area contributed by atoms with Crippen LogP contribution in [0.3, 0.4) is 0 Å². The van der Waals surface area contributed by atoms with E-state index in [9.17, 15) is 13.2 Å². The minimum atomic E-state index is -3.69. The summed E-state index contributed by atoms with van der Waals surface area (Å²) in [6, 6.07) is 10.5. The number of carbonyl (C=O) groups excluding carboxylic acids is 1. The normalized spacial score (nSPS) is 19.4. The lowest BCUT2D eigenvalue weighted by Gasteiger charge is -2.30. The first-order chi connectivity index (χ1) is 14.9. The van der Waals surface area contributed by atoms with E-state index < -0.39 is 15.9 Å². The number of amides is 1. The van der Waals surface area contributed by atoms with Crippen molar-refractivity contribution < 1.29 is 17.6 Å². The molecule has 0 saturated carbocycles. The Morgan fingerprint density at radius 1 is 1.00 bits per heavy atom. The Bertz CT molecular complexity index is 986. The molecule has 0 spiro atoms. The van der Waals surface area contributed by atoms with Gasteiger partial charge < -0.3 is 9.73 Å². The number of likely N-dealkylation sites (tertiary alicyclic amines) is 1. The van der Waals surface area contributed by atoms with Crippen molar-refractivity contribution >= 4 is 21.6 Å². The molecule has 1 aromatic heterocycles. The van der Waals surface area contributed by atoms with Gasteiger partial charge in [-0.1, -0.05) is 25.5 Å². The fourth-order valence-corrected chi connectivity index (χ4v) is 5.61. The molecule has 0 radical (unpaired) electrons. The molecule has 2 saturated heterocycles. The van der Waals surface area contributed by atoms with Crippen LogP contribution in [0.5, 0.6) is 0 Å².